The van der Waals surface area contributed by atoms with E-state index in [9.17, 15) is 9.90 Å². The molecule has 5 heteroatoms. The molecule has 0 bridgehead atoms. The summed E-state index contributed by atoms with van der Waals surface area (Å²) < 4.78 is 11.1. The molecule has 4 nitrogen and oxygen atoms in total. The first-order chi connectivity index (χ1) is 9.02. The summed E-state index contributed by atoms with van der Waals surface area (Å²) in [6.07, 6.45) is 1.03. The summed E-state index contributed by atoms with van der Waals surface area (Å²) in [6, 6.07) is 3.64. The highest BCUT2D eigenvalue weighted by molar-refractivity contribution is 9.10. The van der Waals surface area contributed by atoms with Crippen LogP contribution in [0.15, 0.2) is 16.6 Å². The van der Waals surface area contributed by atoms with Crippen LogP contribution < -0.4 is 4.74 Å². The van der Waals surface area contributed by atoms with Crippen LogP contribution in [0, 0.1) is 12.8 Å². The highest BCUT2D eigenvalue weighted by Gasteiger charge is 2.27. The number of halogens is 1. The van der Waals surface area contributed by atoms with Crippen LogP contribution in [0.25, 0.3) is 0 Å². The molecule has 1 fully saturated rings. The lowest BCUT2D eigenvalue weighted by Gasteiger charge is -2.17. The average molecular weight is 329 g/mol. The summed E-state index contributed by atoms with van der Waals surface area (Å²) in [5.41, 5.74) is 1.38. The molecule has 104 valence electrons. The summed E-state index contributed by atoms with van der Waals surface area (Å²) in [4.78, 5) is 11.5. The van der Waals surface area contributed by atoms with Gasteiger partial charge in [0.2, 0.25) is 0 Å². The molecule has 0 aromatic heterocycles. The third-order valence-corrected chi connectivity index (χ3v) is 3.69. The molecule has 1 atom stereocenters. The van der Waals surface area contributed by atoms with Crippen LogP contribution in [0.3, 0.4) is 0 Å². The van der Waals surface area contributed by atoms with Gasteiger partial charge in [-0.2, -0.15) is 0 Å². The van der Waals surface area contributed by atoms with E-state index >= 15 is 0 Å². The van der Waals surface area contributed by atoms with E-state index in [-0.39, 0.29) is 0 Å². The zero-order valence-corrected chi connectivity index (χ0v) is 12.6. The van der Waals surface area contributed by atoms with Crippen molar-refractivity contribution in [2.45, 2.75) is 25.9 Å². The Balaban J connectivity index is 2.29. The minimum atomic E-state index is -1.32. The molecule has 1 aromatic rings. The Morgan fingerprint density at radius 1 is 1.53 bits per heavy atom. The Morgan fingerprint density at radius 3 is 2.79 bits per heavy atom. The normalized spacial score (nSPS) is 16.0. The average Bonchev–Trinajstić information content (AvgIpc) is 3.19. The van der Waals surface area contributed by atoms with E-state index in [0.717, 1.165) is 10.0 Å². The minimum Gasteiger partial charge on any atom is -0.492 e. The van der Waals surface area contributed by atoms with Crippen molar-refractivity contribution in [2.24, 2.45) is 5.92 Å². The molecule has 0 amide bonds. The maximum absolute atomic E-state index is 11.5. The van der Waals surface area contributed by atoms with Gasteiger partial charge in [-0.3, -0.25) is 0 Å². The summed E-state index contributed by atoms with van der Waals surface area (Å²) in [7, 11) is 1.25. The summed E-state index contributed by atoms with van der Waals surface area (Å²) in [5.74, 6) is 0.431. The first kappa shape index (κ1) is 14.3. The van der Waals surface area contributed by atoms with E-state index in [1.165, 1.54) is 20.0 Å². The first-order valence-corrected chi connectivity index (χ1v) is 7.01. The van der Waals surface area contributed by atoms with Crippen LogP contribution >= 0.6 is 15.9 Å². The van der Waals surface area contributed by atoms with E-state index in [1.807, 2.05) is 13.0 Å². The second-order valence-electron chi connectivity index (χ2n) is 4.85. The zero-order chi connectivity index (χ0) is 14.0. The highest BCUT2D eigenvalue weighted by atomic mass is 79.9. The number of esters is 1. The molecule has 2 rings (SSSR count). The van der Waals surface area contributed by atoms with E-state index in [0.29, 0.717) is 23.8 Å². The molecule has 1 aliphatic carbocycles. The number of benzene rings is 1. The minimum absolute atomic E-state index is 0.444. The molecule has 1 aliphatic rings. The first-order valence-electron chi connectivity index (χ1n) is 6.21. The van der Waals surface area contributed by atoms with Gasteiger partial charge in [0.05, 0.1) is 18.2 Å². The lowest BCUT2D eigenvalue weighted by Crippen LogP contribution is -2.15. The van der Waals surface area contributed by atoms with Gasteiger partial charge >= 0.3 is 5.97 Å². The van der Waals surface area contributed by atoms with Crippen molar-refractivity contribution >= 4 is 21.9 Å². The van der Waals surface area contributed by atoms with Gasteiger partial charge < -0.3 is 14.6 Å². The Bertz CT molecular complexity index is 483. The summed E-state index contributed by atoms with van der Waals surface area (Å²) >= 11 is 3.42. The summed E-state index contributed by atoms with van der Waals surface area (Å²) in [6.45, 7) is 2.51. The van der Waals surface area contributed by atoms with Crippen LogP contribution in [0.5, 0.6) is 5.75 Å². The fourth-order valence-corrected chi connectivity index (χ4v) is 2.54. The van der Waals surface area contributed by atoms with Crippen molar-refractivity contribution in [3.8, 4) is 5.75 Å². The smallest absolute Gasteiger partial charge is 0.339 e. The Morgan fingerprint density at radius 2 is 2.21 bits per heavy atom. The third-order valence-electron chi connectivity index (χ3n) is 3.10. The fourth-order valence-electron chi connectivity index (χ4n) is 1.84. The van der Waals surface area contributed by atoms with E-state index < -0.39 is 12.1 Å². The molecule has 0 aliphatic heterocycles. The topological polar surface area (TPSA) is 55.8 Å². The second-order valence-corrected chi connectivity index (χ2v) is 5.70. The van der Waals surface area contributed by atoms with Gasteiger partial charge in [-0.15, -0.1) is 0 Å². The van der Waals surface area contributed by atoms with Crippen LogP contribution in [0.2, 0.25) is 0 Å². The molecular formula is C14H17BrO4. The molecule has 1 aromatic carbocycles. The molecule has 0 heterocycles. The monoisotopic (exact) mass is 328 g/mol. The number of methoxy groups -OCH3 is 1. The van der Waals surface area contributed by atoms with Crippen LogP contribution in [-0.2, 0) is 9.53 Å². The van der Waals surface area contributed by atoms with Crippen molar-refractivity contribution in [2.75, 3.05) is 13.7 Å². The van der Waals surface area contributed by atoms with Gasteiger partial charge in [0, 0.05) is 5.56 Å². The molecule has 0 saturated heterocycles. The van der Waals surface area contributed by atoms with Gasteiger partial charge in [-0.1, -0.05) is 0 Å². The maximum Gasteiger partial charge on any atom is 0.339 e. The highest BCUT2D eigenvalue weighted by Crippen LogP contribution is 2.37. The van der Waals surface area contributed by atoms with Crippen molar-refractivity contribution < 1.29 is 19.4 Å². The van der Waals surface area contributed by atoms with Gasteiger partial charge in [-0.05, 0) is 59.3 Å². The van der Waals surface area contributed by atoms with E-state index in [2.05, 4.69) is 20.7 Å². The predicted molar refractivity (Wildman–Crippen MR) is 74.1 cm³/mol. The molecule has 1 unspecified atom stereocenters. The molecule has 1 N–H and O–H groups in total. The number of hydrogen-bond donors (Lipinski definition) is 1. The summed E-state index contributed by atoms with van der Waals surface area (Å²) in [5, 5.41) is 10.0. The number of rotatable bonds is 5. The molecule has 19 heavy (non-hydrogen) atoms. The molecular weight excluding hydrogens is 312 g/mol. The van der Waals surface area contributed by atoms with Gasteiger partial charge in [0.15, 0.2) is 6.10 Å². The predicted octanol–water partition coefficient (Wildman–Crippen LogP) is 2.75. The number of aliphatic hydroxyl groups is 1. The number of ether oxygens (including phenoxy) is 2. The lowest BCUT2D eigenvalue weighted by atomic mass is 10.1. The number of aryl methyl sites for hydroxylation is 1. The Kier molecular flexibility index (Phi) is 4.47. The number of carbonyl (C=O) groups excluding carboxylic acids is 1. The Hall–Kier alpha value is -1.07. The van der Waals surface area contributed by atoms with Gasteiger partial charge in [0.25, 0.3) is 0 Å². The van der Waals surface area contributed by atoms with Gasteiger partial charge in [0.1, 0.15) is 5.75 Å². The van der Waals surface area contributed by atoms with Crippen molar-refractivity contribution in [1.29, 1.82) is 0 Å². The third kappa shape index (κ3) is 3.48. The van der Waals surface area contributed by atoms with Gasteiger partial charge in [-0.25, -0.2) is 4.79 Å². The molecule has 1 saturated carbocycles. The quantitative estimate of drug-likeness (QED) is 0.844. The van der Waals surface area contributed by atoms with Crippen molar-refractivity contribution in [3.05, 3.63) is 27.7 Å². The van der Waals surface area contributed by atoms with Crippen LogP contribution in [0.4, 0.5) is 0 Å². The maximum atomic E-state index is 11.5. The van der Waals surface area contributed by atoms with E-state index in [1.54, 1.807) is 6.07 Å². The van der Waals surface area contributed by atoms with Crippen molar-refractivity contribution in [3.63, 3.8) is 0 Å². The fraction of sp³-hybridized carbons (Fsp3) is 0.500. The SMILES string of the molecule is COC(=O)C(O)c1cc(C)cc(Br)c1OCC1CC1. The zero-order valence-electron chi connectivity index (χ0n) is 11.0. The largest absolute Gasteiger partial charge is 0.492 e. The molecule has 0 radical (unpaired) electrons. The standard InChI is InChI=1S/C14H17BrO4/c1-8-5-10(12(16)14(17)18-2)13(11(15)6-8)19-7-9-3-4-9/h5-6,9,12,16H,3-4,7H2,1-2H3. The molecule has 0 spiro atoms. The number of carbonyl (C=O) groups is 1. The number of hydrogen-bond acceptors (Lipinski definition) is 4. The van der Waals surface area contributed by atoms with Crippen LogP contribution in [-0.4, -0.2) is 24.8 Å². The van der Waals surface area contributed by atoms with Crippen LogP contribution in [0.1, 0.15) is 30.1 Å². The van der Waals surface area contributed by atoms with Crippen molar-refractivity contribution in [1.82, 2.24) is 0 Å². The second kappa shape index (κ2) is 5.92. The number of aliphatic hydroxyl groups excluding tert-OH is 1. The Labute approximate surface area is 120 Å². The lowest BCUT2D eigenvalue weighted by molar-refractivity contribution is -0.150. The van der Waals surface area contributed by atoms with E-state index in [4.69, 9.17) is 4.74 Å².